The summed E-state index contributed by atoms with van der Waals surface area (Å²) in [6.45, 7) is 4.33. The minimum atomic E-state index is 0.745. The molecule has 0 amide bonds. The van der Waals surface area contributed by atoms with Crippen LogP contribution in [0.15, 0.2) is 114 Å². The van der Waals surface area contributed by atoms with Crippen LogP contribution in [0.25, 0.3) is 64.6 Å². The maximum atomic E-state index is 6.68. The lowest BCUT2D eigenvalue weighted by molar-refractivity contribution is -0.685. The van der Waals surface area contributed by atoms with E-state index in [0.29, 0.717) is 0 Å². The minimum Gasteiger partial charge on any atom is -0.455 e. The van der Waals surface area contributed by atoms with Crippen molar-refractivity contribution in [3.05, 3.63) is 120 Å². The van der Waals surface area contributed by atoms with E-state index in [0.717, 1.165) is 56.2 Å². The zero-order valence-electron chi connectivity index (χ0n) is 24.5. The van der Waals surface area contributed by atoms with Crippen molar-refractivity contribution in [2.45, 2.75) is 13.8 Å². The SMILES string of the molecule is Cc1ccc2c(oc3ccccc32)c1-c1cccc(Oc2cccc(-c3c(C)ccc4c3sc3ccccc34)[n+]2C)[n+]1C. The van der Waals surface area contributed by atoms with Crippen LogP contribution in [0.3, 0.4) is 0 Å². The highest BCUT2D eigenvalue weighted by molar-refractivity contribution is 7.26. The van der Waals surface area contributed by atoms with Crippen molar-refractivity contribution in [2.75, 3.05) is 0 Å². The summed E-state index contributed by atoms with van der Waals surface area (Å²) in [6.07, 6.45) is 0. The molecule has 8 rings (SSSR count). The summed E-state index contributed by atoms with van der Waals surface area (Å²) in [4.78, 5) is 0. The van der Waals surface area contributed by atoms with Crippen LogP contribution in [0.4, 0.5) is 0 Å². The average molecular weight is 579 g/mol. The summed E-state index contributed by atoms with van der Waals surface area (Å²) in [5.41, 5.74) is 8.66. The highest BCUT2D eigenvalue weighted by atomic mass is 32.1. The van der Waals surface area contributed by atoms with Gasteiger partial charge in [0.15, 0.2) is 0 Å². The molecular weight excluding hydrogens is 548 g/mol. The van der Waals surface area contributed by atoms with Crippen molar-refractivity contribution in [1.29, 1.82) is 0 Å². The number of nitrogens with zero attached hydrogens (tertiary/aromatic N) is 2. The smallest absolute Gasteiger partial charge is 0.377 e. The number of aromatic nitrogens is 2. The molecular formula is C38H30N2O2S+2. The van der Waals surface area contributed by atoms with Crippen LogP contribution in [0, 0.1) is 13.8 Å². The number of pyridine rings is 2. The Hall–Kier alpha value is -5.00. The Kier molecular flexibility index (Phi) is 5.85. The summed E-state index contributed by atoms with van der Waals surface area (Å²) in [5, 5.41) is 4.84. The van der Waals surface area contributed by atoms with Crippen LogP contribution in [-0.4, -0.2) is 0 Å². The Morgan fingerprint density at radius 2 is 1.16 bits per heavy atom. The van der Waals surface area contributed by atoms with E-state index in [-0.39, 0.29) is 0 Å². The van der Waals surface area contributed by atoms with Crippen molar-refractivity contribution >= 4 is 53.4 Å². The summed E-state index contributed by atoms with van der Waals surface area (Å²) in [5.74, 6) is 1.51. The molecule has 0 bridgehead atoms. The fraction of sp³-hybridized carbons (Fsp3) is 0.105. The van der Waals surface area contributed by atoms with E-state index in [1.54, 1.807) is 0 Å². The van der Waals surface area contributed by atoms with Gasteiger partial charge < -0.3 is 9.15 Å². The predicted octanol–water partition coefficient (Wildman–Crippen LogP) is 9.35. The van der Waals surface area contributed by atoms with Gasteiger partial charge in [-0.25, -0.2) is 0 Å². The topological polar surface area (TPSA) is 30.1 Å². The number of hydrogen-bond donors (Lipinski definition) is 0. The van der Waals surface area contributed by atoms with Crippen molar-refractivity contribution in [3.63, 3.8) is 0 Å². The van der Waals surface area contributed by atoms with Gasteiger partial charge in [-0.3, -0.25) is 0 Å². The molecule has 4 heterocycles. The lowest BCUT2D eigenvalue weighted by Gasteiger charge is -2.10. The zero-order valence-corrected chi connectivity index (χ0v) is 25.3. The van der Waals surface area contributed by atoms with E-state index < -0.39 is 0 Å². The van der Waals surface area contributed by atoms with Gasteiger partial charge in [-0.2, -0.15) is 9.13 Å². The van der Waals surface area contributed by atoms with Crippen LogP contribution in [0.1, 0.15) is 11.1 Å². The van der Waals surface area contributed by atoms with Crippen molar-refractivity contribution < 1.29 is 18.3 Å². The van der Waals surface area contributed by atoms with E-state index >= 15 is 0 Å². The molecule has 4 aromatic heterocycles. The van der Waals surface area contributed by atoms with E-state index in [2.05, 4.69) is 122 Å². The molecule has 43 heavy (non-hydrogen) atoms. The second-order valence-corrected chi connectivity index (χ2v) is 12.2. The van der Waals surface area contributed by atoms with Crippen molar-refractivity contribution in [3.8, 4) is 34.3 Å². The molecule has 0 aliphatic carbocycles. The van der Waals surface area contributed by atoms with Gasteiger partial charge in [-0.15, -0.1) is 11.3 Å². The number of ether oxygens (including phenoxy) is 1. The summed E-state index contributed by atoms with van der Waals surface area (Å²) >= 11 is 1.85. The third kappa shape index (κ3) is 3.96. The molecule has 0 spiro atoms. The van der Waals surface area contributed by atoms with Crippen LogP contribution >= 0.6 is 11.3 Å². The van der Waals surface area contributed by atoms with E-state index in [9.17, 15) is 0 Å². The molecule has 0 atom stereocenters. The van der Waals surface area contributed by atoms with Gasteiger partial charge >= 0.3 is 11.8 Å². The number of hydrogen-bond acceptors (Lipinski definition) is 3. The Morgan fingerprint density at radius 3 is 1.91 bits per heavy atom. The Bertz CT molecular complexity index is 2210. The largest absolute Gasteiger partial charge is 0.455 e. The van der Waals surface area contributed by atoms with Gasteiger partial charge in [0, 0.05) is 43.1 Å². The number of thiophene rings is 1. The molecule has 0 N–H and O–H groups in total. The number of benzene rings is 4. The first-order valence-corrected chi connectivity index (χ1v) is 15.3. The first-order valence-electron chi connectivity index (χ1n) is 14.5. The predicted molar refractivity (Wildman–Crippen MR) is 176 cm³/mol. The van der Waals surface area contributed by atoms with Crippen LogP contribution < -0.4 is 13.9 Å². The first kappa shape index (κ1) is 25.7. The first-order chi connectivity index (χ1) is 21.0. The van der Waals surface area contributed by atoms with Crippen molar-refractivity contribution in [2.24, 2.45) is 14.1 Å². The molecule has 0 aliphatic rings. The molecule has 0 saturated heterocycles. The van der Waals surface area contributed by atoms with Gasteiger partial charge in [0.2, 0.25) is 11.4 Å². The second kappa shape index (κ2) is 9.79. The lowest BCUT2D eigenvalue weighted by atomic mass is 10.0. The molecule has 4 aromatic carbocycles. The average Bonchev–Trinajstić information content (AvgIpc) is 3.58. The van der Waals surface area contributed by atoms with Gasteiger partial charge in [-0.1, -0.05) is 60.7 Å². The maximum absolute atomic E-state index is 6.68. The lowest BCUT2D eigenvalue weighted by Crippen LogP contribution is -2.37. The van der Waals surface area contributed by atoms with E-state index in [1.807, 2.05) is 35.6 Å². The van der Waals surface area contributed by atoms with Gasteiger partial charge in [0.1, 0.15) is 25.3 Å². The zero-order chi connectivity index (χ0) is 29.2. The molecule has 0 radical (unpaired) electrons. The highest BCUT2D eigenvalue weighted by Gasteiger charge is 2.27. The normalized spacial score (nSPS) is 11.7. The molecule has 4 nitrogen and oxygen atoms in total. The molecule has 208 valence electrons. The highest BCUT2D eigenvalue weighted by Crippen LogP contribution is 2.41. The molecule has 0 unspecified atom stereocenters. The Balaban J connectivity index is 1.25. The Morgan fingerprint density at radius 1 is 0.558 bits per heavy atom. The number of aryl methyl sites for hydroxylation is 2. The van der Waals surface area contributed by atoms with Crippen LogP contribution in [0.2, 0.25) is 0 Å². The number of para-hydroxylation sites is 1. The monoisotopic (exact) mass is 578 g/mol. The molecule has 0 saturated carbocycles. The second-order valence-electron chi connectivity index (χ2n) is 11.2. The minimum absolute atomic E-state index is 0.745. The fourth-order valence-corrected chi connectivity index (χ4v) is 7.66. The third-order valence-corrected chi connectivity index (χ3v) is 9.81. The third-order valence-electron chi connectivity index (χ3n) is 8.60. The molecule has 0 fully saturated rings. The van der Waals surface area contributed by atoms with E-state index in [1.165, 1.54) is 31.3 Å². The number of fused-ring (bicyclic) bond motifs is 6. The molecule has 0 aliphatic heterocycles. The van der Waals surface area contributed by atoms with Gasteiger partial charge in [0.25, 0.3) is 0 Å². The molecule has 5 heteroatoms. The maximum Gasteiger partial charge on any atom is 0.377 e. The standard InChI is InChI=1S/C38H30N2O2S/c1-23-19-21-27-25-11-5-7-15-31(25)41-37(27)35(23)29-13-9-17-33(39(29)3)42-34-18-10-14-30(40(34)4)36-24(2)20-22-28-26-12-6-8-16-32(26)43-38(28)36/h5-22H,1-4H3/q+2. The Labute approximate surface area is 253 Å². The summed E-state index contributed by atoms with van der Waals surface area (Å²) in [7, 11) is 4.14. The van der Waals surface area contributed by atoms with Crippen molar-refractivity contribution in [1.82, 2.24) is 0 Å². The van der Waals surface area contributed by atoms with Crippen LogP contribution in [-0.2, 0) is 14.1 Å². The van der Waals surface area contributed by atoms with Gasteiger partial charge in [-0.05, 0) is 49.2 Å². The summed E-state index contributed by atoms with van der Waals surface area (Å²) < 4.78 is 20.0. The number of rotatable bonds is 4. The molecule has 8 aromatic rings. The van der Waals surface area contributed by atoms with Crippen LogP contribution in [0.5, 0.6) is 11.8 Å². The van der Waals surface area contributed by atoms with Gasteiger partial charge in [0.05, 0.1) is 23.3 Å². The quantitative estimate of drug-likeness (QED) is 0.195. The fourth-order valence-electron chi connectivity index (χ4n) is 6.35. The summed E-state index contributed by atoms with van der Waals surface area (Å²) in [6, 6.07) is 38.2. The van der Waals surface area contributed by atoms with E-state index in [4.69, 9.17) is 9.15 Å². The number of furan rings is 1.